The first-order valence-corrected chi connectivity index (χ1v) is 8.90. The molecule has 2 aliphatic heterocycles. The van der Waals surface area contributed by atoms with Crippen molar-refractivity contribution in [3.63, 3.8) is 0 Å². The molecule has 112 valence electrons. The van der Waals surface area contributed by atoms with E-state index in [2.05, 4.69) is 12.2 Å². The lowest BCUT2D eigenvalue weighted by atomic mass is 10.00. The molecule has 2 fully saturated rings. The summed E-state index contributed by atoms with van der Waals surface area (Å²) in [5.74, 6) is 0.455. The molecule has 2 saturated heterocycles. The van der Waals surface area contributed by atoms with Crippen molar-refractivity contribution >= 4 is 10.2 Å². The number of hydrogen-bond acceptors (Lipinski definition) is 3. The summed E-state index contributed by atoms with van der Waals surface area (Å²) in [5.41, 5.74) is 0. The molecule has 0 saturated carbocycles. The van der Waals surface area contributed by atoms with Crippen molar-refractivity contribution in [3.05, 3.63) is 0 Å². The lowest BCUT2D eigenvalue weighted by Gasteiger charge is -2.36. The molecule has 2 aliphatic rings. The second-order valence-electron chi connectivity index (χ2n) is 5.75. The van der Waals surface area contributed by atoms with Gasteiger partial charge in [-0.15, -0.1) is 0 Å². The highest BCUT2D eigenvalue weighted by atomic mass is 32.2. The SMILES string of the molecule is CCC1CCCN1S(=O)(=O)N1CCCC(CNC)C1. The minimum absolute atomic E-state index is 0.217. The van der Waals surface area contributed by atoms with Gasteiger partial charge in [-0.1, -0.05) is 6.92 Å². The summed E-state index contributed by atoms with van der Waals surface area (Å²) in [6, 6.07) is 0.217. The normalized spacial score (nSPS) is 30.8. The molecule has 0 aromatic heterocycles. The Balaban J connectivity index is 2.06. The van der Waals surface area contributed by atoms with Crippen molar-refractivity contribution in [1.82, 2.24) is 13.9 Å². The van der Waals surface area contributed by atoms with Crippen LogP contribution in [0.15, 0.2) is 0 Å². The van der Waals surface area contributed by atoms with Gasteiger partial charge in [0.25, 0.3) is 10.2 Å². The van der Waals surface area contributed by atoms with Crippen LogP contribution in [0.2, 0.25) is 0 Å². The minimum atomic E-state index is -3.24. The van der Waals surface area contributed by atoms with Gasteiger partial charge in [0.05, 0.1) is 0 Å². The lowest BCUT2D eigenvalue weighted by Crippen LogP contribution is -2.50. The summed E-state index contributed by atoms with van der Waals surface area (Å²) in [4.78, 5) is 0. The zero-order chi connectivity index (χ0) is 13.9. The van der Waals surface area contributed by atoms with Gasteiger partial charge in [0, 0.05) is 25.7 Å². The molecule has 1 N–H and O–H groups in total. The summed E-state index contributed by atoms with van der Waals surface area (Å²) >= 11 is 0. The second-order valence-corrected chi connectivity index (χ2v) is 7.63. The van der Waals surface area contributed by atoms with E-state index in [9.17, 15) is 8.42 Å². The highest BCUT2D eigenvalue weighted by Crippen LogP contribution is 2.28. The first-order chi connectivity index (χ1) is 9.09. The molecule has 6 heteroatoms. The maximum Gasteiger partial charge on any atom is 0.282 e. The average Bonchev–Trinajstić information content (AvgIpc) is 2.88. The van der Waals surface area contributed by atoms with Crippen LogP contribution in [-0.2, 0) is 10.2 Å². The smallest absolute Gasteiger partial charge is 0.282 e. The lowest BCUT2D eigenvalue weighted by molar-refractivity contribution is 0.240. The topological polar surface area (TPSA) is 52.7 Å². The van der Waals surface area contributed by atoms with E-state index >= 15 is 0 Å². The van der Waals surface area contributed by atoms with Crippen molar-refractivity contribution in [2.75, 3.05) is 33.2 Å². The molecular weight excluding hydrogens is 262 g/mol. The predicted octanol–water partition coefficient (Wildman–Crippen LogP) is 1.04. The molecular formula is C13H27N3O2S. The third kappa shape index (κ3) is 3.29. The largest absolute Gasteiger partial charge is 0.319 e. The van der Waals surface area contributed by atoms with Crippen LogP contribution in [0.25, 0.3) is 0 Å². The van der Waals surface area contributed by atoms with Crippen molar-refractivity contribution in [3.8, 4) is 0 Å². The summed E-state index contributed by atoms with van der Waals surface area (Å²) < 4.78 is 28.9. The molecule has 0 aromatic rings. The van der Waals surface area contributed by atoms with Crippen LogP contribution in [0.5, 0.6) is 0 Å². The Bertz CT molecular complexity index is 383. The number of piperidine rings is 1. The zero-order valence-electron chi connectivity index (χ0n) is 12.1. The first-order valence-electron chi connectivity index (χ1n) is 7.51. The van der Waals surface area contributed by atoms with Crippen LogP contribution in [0.1, 0.15) is 39.0 Å². The third-order valence-corrected chi connectivity index (χ3v) is 6.45. The number of rotatable bonds is 5. The molecule has 2 atom stereocenters. The van der Waals surface area contributed by atoms with Gasteiger partial charge in [0.15, 0.2) is 0 Å². The monoisotopic (exact) mass is 289 g/mol. The number of nitrogens with one attached hydrogen (secondary N) is 1. The first kappa shape index (κ1) is 15.2. The van der Waals surface area contributed by atoms with Crippen LogP contribution in [0.3, 0.4) is 0 Å². The highest BCUT2D eigenvalue weighted by Gasteiger charge is 2.38. The van der Waals surface area contributed by atoms with Gasteiger partial charge in [0.1, 0.15) is 0 Å². The number of nitrogens with zero attached hydrogens (tertiary/aromatic N) is 2. The van der Waals surface area contributed by atoms with Crippen LogP contribution in [-0.4, -0.2) is 56.3 Å². The Morgan fingerprint density at radius 2 is 1.95 bits per heavy atom. The van der Waals surface area contributed by atoms with Gasteiger partial charge in [-0.25, -0.2) is 0 Å². The van der Waals surface area contributed by atoms with Gasteiger partial charge in [-0.05, 0) is 51.6 Å². The van der Waals surface area contributed by atoms with E-state index in [4.69, 9.17) is 0 Å². The third-order valence-electron chi connectivity index (χ3n) is 4.39. The number of hydrogen-bond donors (Lipinski definition) is 1. The minimum Gasteiger partial charge on any atom is -0.319 e. The van der Waals surface area contributed by atoms with Crippen LogP contribution in [0.4, 0.5) is 0 Å². The summed E-state index contributed by atoms with van der Waals surface area (Å²) in [5, 5.41) is 3.16. The van der Waals surface area contributed by atoms with Gasteiger partial charge in [0.2, 0.25) is 0 Å². The van der Waals surface area contributed by atoms with E-state index in [-0.39, 0.29) is 6.04 Å². The Labute approximate surface area is 117 Å². The molecule has 19 heavy (non-hydrogen) atoms. The van der Waals surface area contributed by atoms with E-state index in [0.717, 1.165) is 38.6 Å². The summed E-state index contributed by atoms with van der Waals surface area (Å²) in [7, 11) is -1.30. The van der Waals surface area contributed by atoms with Crippen molar-refractivity contribution < 1.29 is 8.42 Å². The summed E-state index contributed by atoms with van der Waals surface area (Å²) in [6.45, 7) is 5.06. The van der Waals surface area contributed by atoms with Crippen molar-refractivity contribution in [2.45, 2.75) is 45.1 Å². The van der Waals surface area contributed by atoms with Gasteiger partial charge in [-0.2, -0.15) is 17.0 Å². The Morgan fingerprint density at radius 3 is 2.63 bits per heavy atom. The summed E-state index contributed by atoms with van der Waals surface area (Å²) in [6.07, 6.45) is 5.06. The maximum atomic E-state index is 12.7. The van der Waals surface area contributed by atoms with Gasteiger partial charge in [-0.3, -0.25) is 0 Å². The molecule has 2 rings (SSSR count). The fourth-order valence-corrected chi connectivity index (χ4v) is 5.41. The molecule has 2 heterocycles. The molecule has 0 spiro atoms. The fourth-order valence-electron chi connectivity index (χ4n) is 3.36. The molecule has 0 bridgehead atoms. The highest BCUT2D eigenvalue weighted by molar-refractivity contribution is 7.86. The van der Waals surface area contributed by atoms with Gasteiger partial charge >= 0.3 is 0 Å². The second kappa shape index (κ2) is 6.52. The standard InChI is InChI=1S/C13H27N3O2S/c1-3-13-7-5-9-16(13)19(17,18)15-8-4-6-12(11-15)10-14-2/h12-14H,3-11H2,1-2H3. The molecule has 2 unspecified atom stereocenters. The fraction of sp³-hybridized carbons (Fsp3) is 1.00. The van der Waals surface area contributed by atoms with Crippen molar-refractivity contribution in [1.29, 1.82) is 0 Å². The quantitative estimate of drug-likeness (QED) is 0.823. The molecule has 0 amide bonds. The van der Waals surface area contributed by atoms with E-state index in [1.54, 1.807) is 8.61 Å². The van der Waals surface area contributed by atoms with Gasteiger partial charge < -0.3 is 5.32 Å². The van der Waals surface area contributed by atoms with Crippen LogP contribution >= 0.6 is 0 Å². The molecule has 0 aromatic carbocycles. The van der Waals surface area contributed by atoms with Crippen molar-refractivity contribution in [2.24, 2.45) is 5.92 Å². The molecule has 5 nitrogen and oxygen atoms in total. The van der Waals surface area contributed by atoms with Crippen LogP contribution < -0.4 is 5.32 Å². The Kier molecular flexibility index (Phi) is 5.22. The van der Waals surface area contributed by atoms with E-state index in [0.29, 0.717) is 25.6 Å². The predicted molar refractivity (Wildman–Crippen MR) is 77.2 cm³/mol. The van der Waals surface area contributed by atoms with E-state index in [1.807, 2.05) is 7.05 Å². The van der Waals surface area contributed by atoms with E-state index in [1.165, 1.54) is 0 Å². The van der Waals surface area contributed by atoms with Crippen LogP contribution in [0, 0.1) is 5.92 Å². The molecule has 0 aliphatic carbocycles. The Hall–Kier alpha value is -0.170. The molecule has 0 radical (unpaired) electrons. The Morgan fingerprint density at radius 1 is 1.21 bits per heavy atom. The van der Waals surface area contributed by atoms with E-state index < -0.39 is 10.2 Å². The average molecular weight is 289 g/mol. The zero-order valence-corrected chi connectivity index (χ0v) is 13.0. The maximum absolute atomic E-state index is 12.7.